The molecule has 0 bridgehead atoms. The van der Waals surface area contributed by atoms with Gasteiger partial charge >= 0.3 is 0 Å². The number of methoxy groups -OCH3 is 1. The molecule has 0 fully saturated rings. The summed E-state index contributed by atoms with van der Waals surface area (Å²) in [5.74, 6) is -0.216. The lowest BCUT2D eigenvalue weighted by atomic mass is 10.1. The molecule has 114 valence electrons. The number of aryl methyl sites for hydroxylation is 1. The molecule has 0 aliphatic carbocycles. The van der Waals surface area contributed by atoms with Crippen LogP contribution in [0.2, 0.25) is 0 Å². The molecule has 1 N–H and O–H groups in total. The maximum absolute atomic E-state index is 13.2. The average Bonchev–Trinajstić information content (AvgIpc) is 2.80. The van der Waals surface area contributed by atoms with E-state index in [1.54, 1.807) is 30.6 Å². The number of ether oxygens (including phenoxy) is 1. The Bertz CT molecular complexity index is 610. The van der Waals surface area contributed by atoms with Crippen molar-refractivity contribution in [2.24, 2.45) is 0 Å². The number of benzene rings is 1. The Hall–Kier alpha value is -1.30. The third-order valence-electron chi connectivity index (χ3n) is 3.15. The SMILES string of the molecule is COCc1nc(-c2ccc(F)cc2C)sc1CNC(C)C. The summed E-state index contributed by atoms with van der Waals surface area (Å²) in [4.78, 5) is 5.84. The van der Waals surface area contributed by atoms with Gasteiger partial charge in [-0.15, -0.1) is 11.3 Å². The molecule has 2 aromatic rings. The second-order valence-corrected chi connectivity index (χ2v) is 6.40. The van der Waals surface area contributed by atoms with E-state index in [4.69, 9.17) is 4.74 Å². The Labute approximate surface area is 129 Å². The molecule has 0 aliphatic rings. The van der Waals surface area contributed by atoms with Crippen LogP contribution >= 0.6 is 11.3 Å². The average molecular weight is 308 g/mol. The molecule has 0 saturated carbocycles. The normalized spacial score (nSPS) is 11.3. The van der Waals surface area contributed by atoms with Crippen molar-refractivity contribution in [2.75, 3.05) is 7.11 Å². The van der Waals surface area contributed by atoms with Crippen molar-refractivity contribution in [3.05, 3.63) is 40.2 Å². The molecule has 21 heavy (non-hydrogen) atoms. The van der Waals surface area contributed by atoms with E-state index in [-0.39, 0.29) is 5.82 Å². The van der Waals surface area contributed by atoms with E-state index in [0.29, 0.717) is 12.6 Å². The van der Waals surface area contributed by atoms with E-state index in [2.05, 4.69) is 24.1 Å². The lowest BCUT2D eigenvalue weighted by Gasteiger charge is -2.07. The lowest BCUT2D eigenvalue weighted by molar-refractivity contribution is 0.181. The van der Waals surface area contributed by atoms with Gasteiger partial charge in [-0.25, -0.2) is 9.37 Å². The number of hydrogen-bond donors (Lipinski definition) is 1. The highest BCUT2D eigenvalue weighted by molar-refractivity contribution is 7.15. The molecule has 5 heteroatoms. The molecule has 1 aromatic carbocycles. The van der Waals surface area contributed by atoms with Crippen molar-refractivity contribution in [1.82, 2.24) is 10.3 Å². The highest BCUT2D eigenvalue weighted by atomic mass is 32.1. The summed E-state index contributed by atoms with van der Waals surface area (Å²) in [6.45, 7) is 7.39. The summed E-state index contributed by atoms with van der Waals surface area (Å²) >= 11 is 1.64. The molecule has 2 rings (SSSR count). The number of hydrogen-bond acceptors (Lipinski definition) is 4. The first-order valence-electron chi connectivity index (χ1n) is 6.98. The molecule has 0 atom stereocenters. The van der Waals surface area contributed by atoms with E-state index >= 15 is 0 Å². The maximum Gasteiger partial charge on any atom is 0.124 e. The largest absolute Gasteiger partial charge is 0.378 e. The van der Waals surface area contributed by atoms with Crippen molar-refractivity contribution in [1.29, 1.82) is 0 Å². The highest BCUT2D eigenvalue weighted by Gasteiger charge is 2.14. The van der Waals surface area contributed by atoms with Crippen LogP contribution in [-0.4, -0.2) is 18.1 Å². The third kappa shape index (κ3) is 4.09. The van der Waals surface area contributed by atoms with Crippen molar-refractivity contribution in [2.45, 2.75) is 40.0 Å². The maximum atomic E-state index is 13.2. The fraction of sp³-hybridized carbons (Fsp3) is 0.438. The van der Waals surface area contributed by atoms with Crippen LogP contribution in [0.5, 0.6) is 0 Å². The van der Waals surface area contributed by atoms with Gasteiger partial charge in [-0.05, 0) is 30.7 Å². The van der Waals surface area contributed by atoms with Crippen LogP contribution in [0.1, 0.15) is 30.0 Å². The minimum atomic E-state index is -0.216. The first-order valence-corrected chi connectivity index (χ1v) is 7.80. The van der Waals surface area contributed by atoms with Gasteiger partial charge in [0, 0.05) is 30.1 Å². The Balaban J connectivity index is 2.33. The second-order valence-electron chi connectivity index (χ2n) is 5.32. The quantitative estimate of drug-likeness (QED) is 0.879. The van der Waals surface area contributed by atoms with Gasteiger partial charge in [-0.2, -0.15) is 0 Å². The van der Waals surface area contributed by atoms with Crippen molar-refractivity contribution in [3.63, 3.8) is 0 Å². The summed E-state index contributed by atoms with van der Waals surface area (Å²) < 4.78 is 18.5. The number of halogens is 1. The molecule has 0 radical (unpaired) electrons. The summed E-state index contributed by atoms with van der Waals surface area (Å²) in [6, 6.07) is 5.23. The van der Waals surface area contributed by atoms with Gasteiger partial charge in [0.15, 0.2) is 0 Å². The zero-order valence-electron chi connectivity index (χ0n) is 12.9. The lowest BCUT2D eigenvalue weighted by Crippen LogP contribution is -2.21. The minimum Gasteiger partial charge on any atom is -0.378 e. The first-order chi connectivity index (χ1) is 10.0. The second kappa shape index (κ2) is 7.11. The molecule has 3 nitrogen and oxygen atoms in total. The minimum absolute atomic E-state index is 0.216. The molecular weight excluding hydrogens is 287 g/mol. The van der Waals surface area contributed by atoms with Gasteiger partial charge in [-0.1, -0.05) is 13.8 Å². The number of rotatable bonds is 6. The van der Waals surface area contributed by atoms with Crippen LogP contribution in [0.3, 0.4) is 0 Å². The molecule has 0 spiro atoms. The fourth-order valence-electron chi connectivity index (χ4n) is 2.05. The van der Waals surface area contributed by atoms with Crippen LogP contribution in [-0.2, 0) is 17.9 Å². The predicted molar refractivity (Wildman–Crippen MR) is 84.9 cm³/mol. The van der Waals surface area contributed by atoms with Gasteiger partial charge in [-0.3, -0.25) is 0 Å². The smallest absolute Gasteiger partial charge is 0.124 e. The van der Waals surface area contributed by atoms with Crippen molar-refractivity contribution in [3.8, 4) is 10.6 Å². The number of nitrogens with zero attached hydrogens (tertiary/aromatic N) is 1. The fourth-order valence-corrected chi connectivity index (χ4v) is 3.16. The Morgan fingerprint density at radius 1 is 1.38 bits per heavy atom. The monoisotopic (exact) mass is 308 g/mol. The summed E-state index contributed by atoms with van der Waals surface area (Å²) in [7, 11) is 1.67. The van der Waals surface area contributed by atoms with E-state index < -0.39 is 0 Å². The van der Waals surface area contributed by atoms with Gasteiger partial charge in [0.05, 0.1) is 12.3 Å². The molecule has 1 aromatic heterocycles. The third-order valence-corrected chi connectivity index (χ3v) is 4.28. The predicted octanol–water partition coefficient (Wildman–Crippen LogP) is 3.90. The van der Waals surface area contributed by atoms with Gasteiger partial charge in [0.2, 0.25) is 0 Å². The standard InChI is InChI=1S/C16H21FN2OS/c1-10(2)18-8-15-14(9-20-4)19-16(21-15)13-6-5-12(17)7-11(13)3/h5-7,10,18H,8-9H2,1-4H3. The number of thiazole rings is 1. The number of nitrogens with one attached hydrogen (secondary N) is 1. The van der Waals surface area contributed by atoms with Crippen molar-refractivity contribution < 1.29 is 9.13 Å². The topological polar surface area (TPSA) is 34.1 Å². The first kappa shape index (κ1) is 16.1. The van der Waals surface area contributed by atoms with E-state index in [9.17, 15) is 4.39 Å². The van der Waals surface area contributed by atoms with Gasteiger partial charge in [0.25, 0.3) is 0 Å². The van der Waals surface area contributed by atoms with Crippen LogP contribution in [0.4, 0.5) is 4.39 Å². The van der Waals surface area contributed by atoms with Crippen LogP contribution in [0, 0.1) is 12.7 Å². The number of aromatic nitrogens is 1. The zero-order chi connectivity index (χ0) is 15.4. The summed E-state index contributed by atoms with van der Waals surface area (Å²) in [6.07, 6.45) is 0. The molecule has 0 saturated heterocycles. The molecule has 0 amide bonds. The van der Waals surface area contributed by atoms with E-state index in [0.717, 1.165) is 28.4 Å². The van der Waals surface area contributed by atoms with Gasteiger partial charge < -0.3 is 10.1 Å². The Morgan fingerprint density at radius 3 is 2.76 bits per heavy atom. The van der Waals surface area contributed by atoms with Crippen molar-refractivity contribution >= 4 is 11.3 Å². The molecule has 0 unspecified atom stereocenters. The highest BCUT2D eigenvalue weighted by Crippen LogP contribution is 2.31. The van der Waals surface area contributed by atoms with E-state index in [1.165, 1.54) is 10.9 Å². The van der Waals surface area contributed by atoms with Gasteiger partial charge in [0.1, 0.15) is 10.8 Å². The molecule has 0 aliphatic heterocycles. The summed E-state index contributed by atoms with van der Waals surface area (Å²) in [5, 5.41) is 4.32. The zero-order valence-corrected chi connectivity index (χ0v) is 13.7. The van der Waals surface area contributed by atoms with Crippen LogP contribution < -0.4 is 5.32 Å². The Kier molecular flexibility index (Phi) is 5.45. The van der Waals surface area contributed by atoms with E-state index in [1.807, 2.05) is 6.92 Å². The van der Waals surface area contributed by atoms with Crippen LogP contribution in [0.15, 0.2) is 18.2 Å². The molecule has 1 heterocycles. The Morgan fingerprint density at radius 2 is 2.14 bits per heavy atom. The summed E-state index contributed by atoms with van der Waals surface area (Å²) in [5.41, 5.74) is 2.83. The molecular formula is C16H21FN2OS. The van der Waals surface area contributed by atoms with Crippen LogP contribution in [0.25, 0.3) is 10.6 Å².